The maximum Gasteiger partial charge on any atom is 0.336 e. The van der Waals surface area contributed by atoms with Crippen molar-refractivity contribution >= 4 is 20.3 Å². The normalized spacial score (nSPS) is 16.0. The zero-order valence-electron chi connectivity index (χ0n) is 20.0. The molecule has 0 aromatic carbocycles. The van der Waals surface area contributed by atoms with Crippen molar-refractivity contribution < 1.29 is 33.7 Å². The lowest BCUT2D eigenvalue weighted by Crippen LogP contribution is -2.50. The number of carbonyl (C=O) groups excluding carboxylic acids is 2. The smallest absolute Gasteiger partial charge is 0.336 e. The third-order valence-corrected chi connectivity index (χ3v) is 10.3. The summed E-state index contributed by atoms with van der Waals surface area (Å²) >= 11 is 0. The molecule has 8 heteroatoms. The molecule has 0 aromatic rings. The molecule has 0 amide bonds. The molecule has 0 rings (SSSR count). The predicted molar refractivity (Wildman–Crippen MR) is 120 cm³/mol. The van der Waals surface area contributed by atoms with Crippen LogP contribution in [0.1, 0.15) is 66.2 Å². The highest BCUT2D eigenvalue weighted by Crippen LogP contribution is 2.38. The molecular weight excluding hydrogens is 404 g/mol. The van der Waals surface area contributed by atoms with E-state index < -0.39 is 38.6 Å². The van der Waals surface area contributed by atoms with E-state index in [1.165, 1.54) is 0 Å². The number of aliphatic hydroxyl groups is 2. The lowest BCUT2D eigenvalue weighted by Gasteiger charge is -2.41. The fourth-order valence-corrected chi connectivity index (χ4v) is 4.13. The van der Waals surface area contributed by atoms with Gasteiger partial charge in [0.2, 0.25) is 0 Å². The molecule has 0 unspecified atom stereocenters. The molecule has 0 saturated carbocycles. The zero-order chi connectivity index (χ0) is 23.5. The number of ether oxygens (including phenoxy) is 2. The Balaban J connectivity index is 5.67. The number of esters is 2. The van der Waals surface area contributed by atoms with Crippen LogP contribution >= 0.6 is 0 Å². The highest BCUT2D eigenvalue weighted by Gasteiger charge is 2.42. The second kappa shape index (κ2) is 13.2. The molecule has 0 aromatic heterocycles. The quantitative estimate of drug-likeness (QED) is 0.192. The average molecular weight is 447 g/mol. The van der Waals surface area contributed by atoms with Crippen LogP contribution in [-0.2, 0) is 23.5 Å². The summed E-state index contributed by atoms with van der Waals surface area (Å²) in [6.45, 7) is 12.6. The van der Waals surface area contributed by atoms with Crippen molar-refractivity contribution in [3.05, 3.63) is 11.6 Å². The molecule has 0 bridgehead atoms. The summed E-state index contributed by atoms with van der Waals surface area (Å²) in [6.07, 6.45) is 2.89. The Hall–Kier alpha value is -1.22. The SMILES string of the molecule is CCCCCCC[C@H](O[Si](C)(C)C(C)(C)C)[C@@H](O)[C@H](O)/C(=C\C(=O)OC)C(=O)OC. The first kappa shape index (κ1) is 28.8. The number of aliphatic hydroxyl groups excluding tert-OH is 2. The van der Waals surface area contributed by atoms with Gasteiger partial charge in [-0.25, -0.2) is 9.59 Å². The second-order valence-corrected chi connectivity index (χ2v) is 13.9. The van der Waals surface area contributed by atoms with E-state index in [-0.39, 0.29) is 10.6 Å². The van der Waals surface area contributed by atoms with Crippen LogP contribution in [0.4, 0.5) is 0 Å². The van der Waals surface area contributed by atoms with E-state index in [4.69, 9.17) is 4.43 Å². The minimum absolute atomic E-state index is 0.0921. The predicted octanol–water partition coefficient (Wildman–Crippen LogP) is 3.73. The Morgan fingerprint density at radius 3 is 2.03 bits per heavy atom. The van der Waals surface area contributed by atoms with Gasteiger partial charge in [0.05, 0.1) is 25.9 Å². The third-order valence-electron chi connectivity index (χ3n) is 5.76. The van der Waals surface area contributed by atoms with Crippen LogP contribution < -0.4 is 0 Å². The Bertz CT molecular complexity index is 566. The molecule has 30 heavy (non-hydrogen) atoms. The van der Waals surface area contributed by atoms with E-state index in [9.17, 15) is 19.8 Å². The standard InChI is InChI=1S/C22H42O7Si/c1-9-10-11-12-13-14-17(29-30(7,8)22(2,3)4)20(25)19(24)16(21(26)28-6)15-18(23)27-5/h15,17,19-20,24-25H,9-14H2,1-8H3/b16-15+/t17-,19+,20+/m0/s1. The van der Waals surface area contributed by atoms with Crippen molar-refractivity contribution in [2.24, 2.45) is 0 Å². The van der Waals surface area contributed by atoms with Crippen molar-refractivity contribution in [3.63, 3.8) is 0 Å². The largest absolute Gasteiger partial charge is 0.466 e. The van der Waals surface area contributed by atoms with Gasteiger partial charge < -0.3 is 24.1 Å². The third kappa shape index (κ3) is 9.28. The summed E-state index contributed by atoms with van der Waals surface area (Å²) in [5.41, 5.74) is -0.355. The molecule has 3 atom stereocenters. The summed E-state index contributed by atoms with van der Waals surface area (Å²) in [5.74, 6) is -1.72. The Labute approximate surface area is 182 Å². The first-order chi connectivity index (χ1) is 13.8. The molecule has 0 fully saturated rings. The van der Waals surface area contributed by atoms with Crippen LogP contribution in [0.2, 0.25) is 18.1 Å². The van der Waals surface area contributed by atoms with Gasteiger partial charge in [-0.3, -0.25) is 0 Å². The van der Waals surface area contributed by atoms with Gasteiger partial charge in [-0.05, 0) is 24.6 Å². The Kier molecular flexibility index (Phi) is 12.7. The van der Waals surface area contributed by atoms with Crippen molar-refractivity contribution in [3.8, 4) is 0 Å². The molecule has 0 radical (unpaired) electrons. The van der Waals surface area contributed by atoms with Gasteiger partial charge in [0.25, 0.3) is 0 Å². The van der Waals surface area contributed by atoms with Crippen LogP contribution in [0.25, 0.3) is 0 Å². The van der Waals surface area contributed by atoms with Gasteiger partial charge in [0.1, 0.15) is 12.2 Å². The number of methoxy groups -OCH3 is 2. The van der Waals surface area contributed by atoms with Gasteiger partial charge in [-0.1, -0.05) is 59.8 Å². The van der Waals surface area contributed by atoms with Crippen LogP contribution in [0, 0.1) is 0 Å². The van der Waals surface area contributed by atoms with Gasteiger partial charge >= 0.3 is 11.9 Å². The molecule has 2 N–H and O–H groups in total. The number of hydrogen-bond acceptors (Lipinski definition) is 7. The average Bonchev–Trinajstić information content (AvgIpc) is 2.68. The van der Waals surface area contributed by atoms with E-state index >= 15 is 0 Å². The summed E-state index contributed by atoms with van der Waals surface area (Å²) < 4.78 is 15.6. The Morgan fingerprint density at radius 2 is 1.57 bits per heavy atom. The summed E-state index contributed by atoms with van der Waals surface area (Å²) in [4.78, 5) is 23.8. The topological polar surface area (TPSA) is 102 Å². The number of unbranched alkanes of at least 4 members (excludes halogenated alkanes) is 4. The van der Waals surface area contributed by atoms with E-state index in [1.54, 1.807) is 0 Å². The molecule has 0 aliphatic heterocycles. The highest BCUT2D eigenvalue weighted by molar-refractivity contribution is 6.74. The molecule has 0 aliphatic carbocycles. The second-order valence-electron chi connectivity index (χ2n) is 9.17. The van der Waals surface area contributed by atoms with E-state index in [0.717, 1.165) is 52.4 Å². The van der Waals surface area contributed by atoms with Gasteiger partial charge in [-0.15, -0.1) is 0 Å². The number of carbonyl (C=O) groups is 2. The first-order valence-electron chi connectivity index (χ1n) is 10.7. The van der Waals surface area contributed by atoms with Crippen molar-refractivity contribution in [1.29, 1.82) is 0 Å². The summed E-state index contributed by atoms with van der Waals surface area (Å²) in [7, 11) is 0.0461. The van der Waals surface area contributed by atoms with Gasteiger partial charge in [0.15, 0.2) is 8.32 Å². The van der Waals surface area contributed by atoms with E-state index in [0.29, 0.717) is 6.42 Å². The van der Waals surface area contributed by atoms with Gasteiger partial charge in [0, 0.05) is 6.08 Å². The van der Waals surface area contributed by atoms with Gasteiger partial charge in [-0.2, -0.15) is 0 Å². The van der Waals surface area contributed by atoms with Crippen LogP contribution in [0.15, 0.2) is 11.6 Å². The fraction of sp³-hybridized carbons (Fsp3) is 0.818. The number of rotatable bonds is 13. The lowest BCUT2D eigenvalue weighted by molar-refractivity contribution is -0.141. The summed E-state index contributed by atoms with van der Waals surface area (Å²) in [6, 6.07) is 0. The molecule has 0 saturated heterocycles. The van der Waals surface area contributed by atoms with E-state index in [2.05, 4.69) is 50.3 Å². The lowest BCUT2D eigenvalue weighted by atomic mass is 9.96. The monoisotopic (exact) mass is 446 g/mol. The fourth-order valence-electron chi connectivity index (χ4n) is 2.76. The van der Waals surface area contributed by atoms with E-state index in [1.807, 2.05) is 0 Å². The minimum atomic E-state index is -2.26. The zero-order valence-corrected chi connectivity index (χ0v) is 21.0. The molecular formula is C22H42O7Si. The molecule has 176 valence electrons. The first-order valence-corrected chi connectivity index (χ1v) is 13.6. The van der Waals surface area contributed by atoms with Crippen LogP contribution in [0.3, 0.4) is 0 Å². The maximum atomic E-state index is 12.1. The molecule has 0 spiro atoms. The molecule has 0 heterocycles. The minimum Gasteiger partial charge on any atom is -0.466 e. The summed E-state index contributed by atoms with van der Waals surface area (Å²) in [5, 5.41) is 21.6. The van der Waals surface area contributed by atoms with Crippen molar-refractivity contribution in [2.45, 2.75) is 103 Å². The molecule has 0 aliphatic rings. The Morgan fingerprint density at radius 1 is 1.00 bits per heavy atom. The van der Waals surface area contributed by atoms with Crippen molar-refractivity contribution in [2.75, 3.05) is 14.2 Å². The highest BCUT2D eigenvalue weighted by atomic mass is 28.4. The molecule has 7 nitrogen and oxygen atoms in total. The van der Waals surface area contributed by atoms with Crippen LogP contribution in [0.5, 0.6) is 0 Å². The maximum absolute atomic E-state index is 12.1. The van der Waals surface area contributed by atoms with Crippen LogP contribution in [-0.4, -0.2) is 63.0 Å². The van der Waals surface area contributed by atoms with Crippen molar-refractivity contribution in [1.82, 2.24) is 0 Å². The number of hydrogen-bond donors (Lipinski definition) is 2.